The van der Waals surface area contributed by atoms with E-state index < -0.39 is 15.8 Å². The van der Waals surface area contributed by atoms with E-state index in [-0.39, 0.29) is 35.5 Å². The number of ether oxygens (including phenoxy) is 1. The molecule has 0 aliphatic rings. The van der Waals surface area contributed by atoms with E-state index in [9.17, 15) is 13.2 Å². The highest BCUT2D eigenvalue weighted by atomic mass is 32.2. The molecule has 1 rings (SSSR count). The number of esters is 1. The van der Waals surface area contributed by atoms with Crippen LogP contribution in [0, 0.1) is 0 Å². The Kier molecular flexibility index (Phi) is 5.32. The molecule has 0 radical (unpaired) electrons. The van der Waals surface area contributed by atoms with E-state index in [0.29, 0.717) is 0 Å². The molecule has 1 atom stereocenters. The Hall–Kier alpha value is -1.83. The van der Waals surface area contributed by atoms with Crippen molar-refractivity contribution in [1.29, 1.82) is 0 Å². The normalized spacial score (nSPS) is 12.8. The van der Waals surface area contributed by atoms with E-state index in [4.69, 9.17) is 10.5 Å². The van der Waals surface area contributed by atoms with Gasteiger partial charge in [0.25, 0.3) is 0 Å². The second-order valence-electron chi connectivity index (χ2n) is 4.48. The van der Waals surface area contributed by atoms with Gasteiger partial charge in [0.05, 0.1) is 23.6 Å². The molecule has 0 saturated heterocycles. The van der Waals surface area contributed by atoms with Crippen molar-refractivity contribution in [1.82, 2.24) is 4.98 Å². The quantitative estimate of drug-likeness (QED) is 0.743. The van der Waals surface area contributed by atoms with Gasteiger partial charge in [0, 0.05) is 18.5 Å². The van der Waals surface area contributed by atoms with Gasteiger partial charge in [-0.1, -0.05) is 0 Å². The Bertz CT molecular complexity index is 586. The minimum absolute atomic E-state index is 0.0578. The first-order valence-electron chi connectivity index (χ1n) is 6.10. The van der Waals surface area contributed by atoms with Crippen LogP contribution in [0.25, 0.3) is 0 Å². The molecule has 0 saturated carbocycles. The average molecular weight is 301 g/mol. The van der Waals surface area contributed by atoms with Gasteiger partial charge < -0.3 is 15.8 Å². The number of hydrogen-bond acceptors (Lipinski definition) is 7. The molecule has 3 N–H and O–H groups in total. The fourth-order valence-electron chi connectivity index (χ4n) is 1.70. The number of nitrogens with zero attached hydrogens (tertiary/aromatic N) is 1. The van der Waals surface area contributed by atoms with Gasteiger partial charge in [-0.3, -0.25) is 0 Å². The molecule has 0 fully saturated rings. The van der Waals surface area contributed by atoms with Crippen molar-refractivity contribution >= 4 is 27.3 Å². The first-order chi connectivity index (χ1) is 9.24. The molecule has 1 aromatic heterocycles. The Balaban J connectivity index is 2.92. The van der Waals surface area contributed by atoms with Crippen LogP contribution in [-0.4, -0.2) is 44.0 Å². The Morgan fingerprint density at radius 3 is 2.75 bits per heavy atom. The number of nitrogens with two attached hydrogens (primary N) is 1. The van der Waals surface area contributed by atoms with Crippen molar-refractivity contribution in [3.63, 3.8) is 0 Å². The van der Waals surface area contributed by atoms with Crippen LogP contribution < -0.4 is 11.1 Å². The van der Waals surface area contributed by atoms with Crippen molar-refractivity contribution in [2.45, 2.75) is 19.9 Å². The minimum atomic E-state index is -3.11. The number of aromatic nitrogens is 1. The fraction of sp³-hybridized carbons (Fsp3) is 0.500. The number of anilines is 2. The Labute approximate surface area is 118 Å². The maximum Gasteiger partial charge on any atom is 0.340 e. The number of nitrogens with one attached hydrogen (secondary N) is 1. The monoisotopic (exact) mass is 301 g/mol. The van der Waals surface area contributed by atoms with Crippen LogP contribution in [0.2, 0.25) is 0 Å². The third-order valence-electron chi connectivity index (χ3n) is 2.42. The van der Waals surface area contributed by atoms with Crippen LogP contribution in [0.15, 0.2) is 12.3 Å². The molecule has 7 nitrogen and oxygen atoms in total. The van der Waals surface area contributed by atoms with E-state index >= 15 is 0 Å². The van der Waals surface area contributed by atoms with Crippen molar-refractivity contribution in [2.75, 3.05) is 29.7 Å². The maximum absolute atomic E-state index is 11.7. The van der Waals surface area contributed by atoms with Crippen molar-refractivity contribution in [3.05, 3.63) is 17.8 Å². The average Bonchev–Trinajstić information content (AvgIpc) is 2.29. The lowest BCUT2D eigenvalue weighted by molar-refractivity contribution is 0.0527. The number of carbonyl (C=O) groups excluding carboxylic acids is 1. The number of rotatable bonds is 6. The SMILES string of the molecule is CCOC(=O)c1ccnc(NC(C)CS(C)(=O)=O)c1N. The molecule has 1 heterocycles. The smallest absolute Gasteiger partial charge is 0.340 e. The lowest BCUT2D eigenvalue weighted by atomic mass is 10.2. The first kappa shape index (κ1) is 16.2. The predicted molar refractivity (Wildman–Crippen MR) is 77.4 cm³/mol. The molecule has 1 aromatic rings. The van der Waals surface area contributed by atoms with Gasteiger partial charge in [0.2, 0.25) is 0 Å². The fourth-order valence-corrected chi connectivity index (χ4v) is 2.70. The van der Waals surface area contributed by atoms with E-state index in [1.54, 1.807) is 13.8 Å². The first-order valence-corrected chi connectivity index (χ1v) is 8.16. The number of pyridine rings is 1. The Morgan fingerprint density at radius 2 is 2.20 bits per heavy atom. The van der Waals surface area contributed by atoms with Crippen LogP contribution in [0.3, 0.4) is 0 Å². The number of carbonyl (C=O) groups is 1. The second kappa shape index (κ2) is 6.56. The molecule has 0 bridgehead atoms. The van der Waals surface area contributed by atoms with E-state index in [0.717, 1.165) is 6.26 Å². The zero-order chi connectivity index (χ0) is 15.3. The van der Waals surface area contributed by atoms with Crippen molar-refractivity contribution in [3.8, 4) is 0 Å². The molecular weight excluding hydrogens is 282 g/mol. The van der Waals surface area contributed by atoms with Crippen LogP contribution in [-0.2, 0) is 14.6 Å². The highest BCUT2D eigenvalue weighted by molar-refractivity contribution is 7.90. The lowest BCUT2D eigenvalue weighted by Crippen LogP contribution is -2.26. The van der Waals surface area contributed by atoms with Gasteiger partial charge in [0.15, 0.2) is 0 Å². The Morgan fingerprint density at radius 1 is 1.55 bits per heavy atom. The van der Waals surface area contributed by atoms with E-state index in [1.165, 1.54) is 12.3 Å². The van der Waals surface area contributed by atoms with Gasteiger partial charge in [-0.25, -0.2) is 18.2 Å². The standard InChI is InChI=1S/C12H19N3O4S/c1-4-19-12(16)9-5-6-14-11(10(9)13)15-8(2)7-20(3,17)18/h5-6,8H,4,7,13H2,1-3H3,(H,14,15). The van der Waals surface area contributed by atoms with Crippen LogP contribution in [0.5, 0.6) is 0 Å². The van der Waals surface area contributed by atoms with Crippen LogP contribution >= 0.6 is 0 Å². The largest absolute Gasteiger partial charge is 0.462 e. The maximum atomic E-state index is 11.7. The zero-order valence-electron chi connectivity index (χ0n) is 11.7. The topological polar surface area (TPSA) is 111 Å². The number of hydrogen-bond donors (Lipinski definition) is 2. The molecule has 112 valence electrons. The molecular formula is C12H19N3O4S. The van der Waals surface area contributed by atoms with Gasteiger partial charge >= 0.3 is 5.97 Å². The van der Waals surface area contributed by atoms with Crippen molar-refractivity contribution < 1.29 is 17.9 Å². The number of nitrogen functional groups attached to an aromatic ring is 1. The minimum Gasteiger partial charge on any atom is -0.462 e. The zero-order valence-corrected chi connectivity index (χ0v) is 12.5. The molecule has 1 unspecified atom stereocenters. The van der Waals surface area contributed by atoms with Gasteiger partial charge in [-0.05, 0) is 19.9 Å². The summed E-state index contributed by atoms with van der Waals surface area (Å²) in [6, 6.07) is 1.08. The van der Waals surface area contributed by atoms with Crippen LogP contribution in [0.1, 0.15) is 24.2 Å². The third kappa shape index (κ3) is 4.69. The molecule has 0 aliphatic heterocycles. The van der Waals surface area contributed by atoms with E-state index in [1.807, 2.05) is 0 Å². The summed E-state index contributed by atoms with van der Waals surface area (Å²) >= 11 is 0. The predicted octanol–water partition coefficient (Wildman–Crippen LogP) is 0.686. The molecule has 8 heteroatoms. The summed E-state index contributed by atoms with van der Waals surface area (Å²) in [7, 11) is -3.11. The molecule has 0 aliphatic carbocycles. The summed E-state index contributed by atoms with van der Waals surface area (Å²) in [4.78, 5) is 15.7. The summed E-state index contributed by atoms with van der Waals surface area (Å²) in [6.45, 7) is 3.63. The van der Waals surface area contributed by atoms with Gasteiger partial charge in [-0.15, -0.1) is 0 Å². The summed E-state index contributed by atoms with van der Waals surface area (Å²) in [5, 5.41) is 2.88. The molecule has 0 amide bonds. The molecule has 20 heavy (non-hydrogen) atoms. The summed E-state index contributed by atoms with van der Waals surface area (Å²) in [6.07, 6.45) is 2.56. The highest BCUT2D eigenvalue weighted by Gasteiger charge is 2.17. The third-order valence-corrected chi connectivity index (χ3v) is 3.53. The lowest BCUT2D eigenvalue weighted by Gasteiger charge is -2.16. The summed E-state index contributed by atoms with van der Waals surface area (Å²) < 4.78 is 27.3. The second-order valence-corrected chi connectivity index (χ2v) is 6.66. The van der Waals surface area contributed by atoms with Crippen molar-refractivity contribution in [2.24, 2.45) is 0 Å². The number of sulfone groups is 1. The summed E-state index contributed by atoms with van der Waals surface area (Å²) in [5.74, 6) is -0.324. The molecule has 0 spiro atoms. The highest BCUT2D eigenvalue weighted by Crippen LogP contribution is 2.21. The molecule has 0 aromatic carbocycles. The summed E-state index contributed by atoms with van der Waals surface area (Å²) in [5.41, 5.74) is 6.20. The van der Waals surface area contributed by atoms with Gasteiger partial charge in [0.1, 0.15) is 15.7 Å². The van der Waals surface area contributed by atoms with E-state index in [2.05, 4.69) is 10.3 Å². The van der Waals surface area contributed by atoms with Gasteiger partial charge in [-0.2, -0.15) is 0 Å². The van der Waals surface area contributed by atoms with Crippen LogP contribution in [0.4, 0.5) is 11.5 Å².